The largest absolute Gasteiger partial charge is 0.573 e. The number of urea groups is 1. The molecule has 3 aromatic rings. The van der Waals surface area contributed by atoms with Gasteiger partial charge in [0.25, 0.3) is 0 Å². The van der Waals surface area contributed by atoms with Gasteiger partial charge < -0.3 is 10.1 Å². The van der Waals surface area contributed by atoms with Gasteiger partial charge in [0.2, 0.25) is 0 Å². The number of nitrogens with one attached hydrogen (secondary N) is 2. The lowest BCUT2D eigenvalue weighted by Crippen LogP contribution is -2.19. The summed E-state index contributed by atoms with van der Waals surface area (Å²) in [6, 6.07) is 10.6. The Labute approximate surface area is 144 Å². The zero-order valence-corrected chi connectivity index (χ0v) is 13.7. The number of rotatable bonds is 3. The van der Waals surface area contributed by atoms with E-state index in [1.54, 1.807) is 12.1 Å². The molecule has 0 atom stereocenters. The van der Waals surface area contributed by atoms with Gasteiger partial charge in [0.15, 0.2) is 5.13 Å². The number of ether oxygens (including phenoxy) is 1. The highest BCUT2D eigenvalue weighted by atomic mass is 32.1. The van der Waals surface area contributed by atoms with Gasteiger partial charge in [-0.3, -0.25) is 5.32 Å². The van der Waals surface area contributed by atoms with Gasteiger partial charge in [0.05, 0.1) is 10.2 Å². The Kier molecular flexibility index (Phi) is 4.49. The van der Waals surface area contributed by atoms with Gasteiger partial charge in [-0.15, -0.1) is 13.2 Å². The van der Waals surface area contributed by atoms with Crippen molar-refractivity contribution in [2.45, 2.75) is 13.3 Å². The third-order valence-corrected chi connectivity index (χ3v) is 4.02. The molecular formula is C16H12F3N3O2S. The van der Waals surface area contributed by atoms with Crippen molar-refractivity contribution in [3.8, 4) is 5.75 Å². The fourth-order valence-corrected chi connectivity index (χ4v) is 3.03. The molecule has 2 N–H and O–H groups in total. The third-order valence-electron chi connectivity index (χ3n) is 3.09. The van der Waals surface area contributed by atoms with Crippen molar-refractivity contribution in [1.29, 1.82) is 0 Å². The zero-order chi connectivity index (χ0) is 18.0. The van der Waals surface area contributed by atoms with E-state index in [2.05, 4.69) is 20.4 Å². The van der Waals surface area contributed by atoms with Crippen LogP contribution in [0, 0.1) is 6.92 Å². The van der Waals surface area contributed by atoms with Gasteiger partial charge in [0.1, 0.15) is 5.75 Å². The number of alkyl halides is 3. The van der Waals surface area contributed by atoms with Crippen LogP contribution in [0.15, 0.2) is 42.5 Å². The maximum atomic E-state index is 12.3. The van der Waals surface area contributed by atoms with Crippen LogP contribution in [0.3, 0.4) is 0 Å². The van der Waals surface area contributed by atoms with Gasteiger partial charge in [0, 0.05) is 11.8 Å². The lowest BCUT2D eigenvalue weighted by Gasteiger charge is -2.07. The third kappa shape index (κ3) is 4.60. The van der Waals surface area contributed by atoms with Crippen LogP contribution in [0.2, 0.25) is 0 Å². The van der Waals surface area contributed by atoms with Gasteiger partial charge in [-0.25, -0.2) is 9.78 Å². The highest BCUT2D eigenvalue weighted by molar-refractivity contribution is 7.22. The van der Waals surface area contributed by atoms with Crippen molar-refractivity contribution in [2.75, 3.05) is 10.6 Å². The molecule has 0 unspecified atom stereocenters. The number of amides is 2. The van der Waals surface area contributed by atoms with E-state index in [4.69, 9.17) is 0 Å². The molecule has 9 heteroatoms. The van der Waals surface area contributed by atoms with Crippen molar-refractivity contribution in [3.63, 3.8) is 0 Å². The summed E-state index contributed by atoms with van der Waals surface area (Å²) in [6.45, 7) is 1.90. The van der Waals surface area contributed by atoms with E-state index in [-0.39, 0.29) is 10.9 Å². The Balaban J connectivity index is 1.72. The van der Waals surface area contributed by atoms with E-state index in [9.17, 15) is 18.0 Å². The average molecular weight is 367 g/mol. The molecule has 0 saturated carbocycles. The number of aromatic nitrogens is 1. The second-order valence-electron chi connectivity index (χ2n) is 5.14. The van der Waals surface area contributed by atoms with Crippen molar-refractivity contribution >= 4 is 38.4 Å². The molecular weight excluding hydrogens is 355 g/mol. The lowest BCUT2D eigenvalue weighted by molar-refractivity contribution is -0.274. The number of thiazole rings is 1. The van der Waals surface area contributed by atoms with Crippen LogP contribution >= 0.6 is 11.3 Å². The Morgan fingerprint density at radius 1 is 1.16 bits per heavy atom. The molecule has 5 nitrogen and oxygen atoms in total. The Hall–Kier alpha value is -2.81. The number of anilines is 2. The predicted octanol–water partition coefficient (Wildman–Crippen LogP) is 5.15. The normalized spacial score (nSPS) is 11.4. The van der Waals surface area contributed by atoms with Crippen molar-refractivity contribution in [1.82, 2.24) is 4.98 Å². The van der Waals surface area contributed by atoms with Gasteiger partial charge >= 0.3 is 12.4 Å². The van der Waals surface area contributed by atoms with Crippen molar-refractivity contribution in [3.05, 3.63) is 48.0 Å². The Morgan fingerprint density at radius 2 is 1.96 bits per heavy atom. The summed E-state index contributed by atoms with van der Waals surface area (Å²) in [6.07, 6.45) is -4.76. The first-order valence-corrected chi connectivity index (χ1v) is 7.91. The topological polar surface area (TPSA) is 63.2 Å². The van der Waals surface area contributed by atoms with Crippen LogP contribution in [-0.2, 0) is 0 Å². The standard InChI is InChI=1S/C16H12F3N3O2S/c1-9-3-2-4-10(7-9)20-14(23)22-15-21-12-6-5-11(8-13(12)25-15)24-16(17,18)19/h2-8H,1H3,(H2,20,21,22,23). The fourth-order valence-electron chi connectivity index (χ4n) is 2.14. The summed E-state index contributed by atoms with van der Waals surface area (Å²) < 4.78 is 41.1. The number of hydrogen-bond donors (Lipinski definition) is 2. The molecule has 0 fully saturated rings. The lowest BCUT2D eigenvalue weighted by atomic mass is 10.2. The number of carbonyl (C=O) groups excluding carboxylic acids is 1. The first-order valence-electron chi connectivity index (χ1n) is 7.09. The Morgan fingerprint density at radius 3 is 2.68 bits per heavy atom. The minimum absolute atomic E-state index is 0.268. The van der Waals surface area contributed by atoms with E-state index < -0.39 is 12.4 Å². The summed E-state index contributed by atoms with van der Waals surface area (Å²) in [7, 11) is 0. The highest BCUT2D eigenvalue weighted by Gasteiger charge is 2.31. The second kappa shape index (κ2) is 6.60. The first-order chi connectivity index (χ1) is 11.8. The quantitative estimate of drug-likeness (QED) is 0.673. The molecule has 25 heavy (non-hydrogen) atoms. The highest BCUT2D eigenvalue weighted by Crippen LogP contribution is 2.31. The van der Waals surface area contributed by atoms with E-state index in [1.807, 2.05) is 19.1 Å². The van der Waals surface area contributed by atoms with E-state index in [0.29, 0.717) is 15.9 Å². The SMILES string of the molecule is Cc1cccc(NC(=O)Nc2nc3ccc(OC(F)(F)F)cc3s2)c1. The predicted molar refractivity (Wildman–Crippen MR) is 90.1 cm³/mol. The summed E-state index contributed by atoms with van der Waals surface area (Å²) in [5.41, 5.74) is 2.08. The molecule has 1 aromatic heterocycles. The van der Waals surface area contributed by atoms with E-state index in [1.165, 1.54) is 18.2 Å². The number of aryl methyl sites for hydroxylation is 1. The monoisotopic (exact) mass is 367 g/mol. The molecule has 0 saturated heterocycles. The molecule has 3 rings (SSSR count). The molecule has 0 aliphatic rings. The molecule has 2 aromatic carbocycles. The van der Waals surface area contributed by atoms with Crippen LogP contribution < -0.4 is 15.4 Å². The first kappa shape index (κ1) is 17.0. The summed E-state index contributed by atoms with van der Waals surface area (Å²) in [4.78, 5) is 16.2. The molecule has 1 heterocycles. The van der Waals surface area contributed by atoms with E-state index >= 15 is 0 Å². The maximum Gasteiger partial charge on any atom is 0.573 e. The molecule has 130 valence electrons. The summed E-state index contributed by atoms with van der Waals surface area (Å²) in [5.74, 6) is -0.334. The minimum Gasteiger partial charge on any atom is -0.406 e. The van der Waals surface area contributed by atoms with Crippen LogP contribution in [0.4, 0.5) is 28.8 Å². The van der Waals surface area contributed by atoms with Crippen LogP contribution in [0.5, 0.6) is 5.75 Å². The number of fused-ring (bicyclic) bond motifs is 1. The molecule has 0 spiro atoms. The molecule has 0 aliphatic heterocycles. The fraction of sp³-hybridized carbons (Fsp3) is 0.125. The number of nitrogens with zero attached hydrogens (tertiary/aromatic N) is 1. The number of halogens is 3. The summed E-state index contributed by atoms with van der Waals surface area (Å²) in [5, 5.41) is 5.49. The molecule has 0 aliphatic carbocycles. The van der Waals surface area contributed by atoms with Gasteiger partial charge in [-0.1, -0.05) is 23.5 Å². The minimum atomic E-state index is -4.76. The number of benzene rings is 2. The van der Waals surface area contributed by atoms with Crippen LogP contribution in [0.25, 0.3) is 10.2 Å². The van der Waals surface area contributed by atoms with Crippen LogP contribution in [-0.4, -0.2) is 17.4 Å². The molecule has 0 bridgehead atoms. The number of hydrogen-bond acceptors (Lipinski definition) is 4. The number of carbonyl (C=O) groups is 1. The molecule has 2 amide bonds. The van der Waals surface area contributed by atoms with Gasteiger partial charge in [-0.2, -0.15) is 0 Å². The second-order valence-corrected chi connectivity index (χ2v) is 6.18. The Bertz CT molecular complexity index is 924. The molecule has 0 radical (unpaired) electrons. The summed E-state index contributed by atoms with van der Waals surface area (Å²) >= 11 is 1.05. The maximum absolute atomic E-state index is 12.3. The van der Waals surface area contributed by atoms with Gasteiger partial charge in [-0.05, 0) is 36.8 Å². The smallest absolute Gasteiger partial charge is 0.406 e. The van der Waals surface area contributed by atoms with Crippen LogP contribution in [0.1, 0.15) is 5.56 Å². The zero-order valence-electron chi connectivity index (χ0n) is 12.8. The van der Waals surface area contributed by atoms with E-state index in [0.717, 1.165) is 16.9 Å². The van der Waals surface area contributed by atoms with Crippen molar-refractivity contribution < 1.29 is 22.7 Å². The van der Waals surface area contributed by atoms with Crippen molar-refractivity contribution in [2.24, 2.45) is 0 Å². The average Bonchev–Trinajstić information content (AvgIpc) is 2.86.